The Bertz CT molecular complexity index is 893. The van der Waals surface area contributed by atoms with E-state index >= 15 is 0 Å². The largest absolute Gasteiger partial charge is 0.483 e. The number of aromatic amines is 1. The first-order chi connectivity index (χ1) is 13.2. The second-order valence-corrected chi connectivity index (χ2v) is 7.04. The minimum Gasteiger partial charge on any atom is -0.483 e. The monoisotopic (exact) mass is 363 g/mol. The number of piperidine rings is 1. The van der Waals surface area contributed by atoms with Gasteiger partial charge in [0.1, 0.15) is 11.6 Å². The minimum absolute atomic E-state index is 0.0592. The number of hydrogen-bond donors (Lipinski definition) is 1. The molecule has 27 heavy (non-hydrogen) atoms. The quantitative estimate of drug-likeness (QED) is 0.748. The number of carbonyl (C=O) groups is 1. The van der Waals surface area contributed by atoms with Crippen LogP contribution in [-0.4, -0.2) is 40.5 Å². The topological polar surface area (TPSA) is 58.2 Å². The average molecular weight is 363 g/mol. The fourth-order valence-electron chi connectivity index (χ4n) is 3.74. The number of nitrogens with one attached hydrogen (secondary N) is 1. The Kier molecular flexibility index (Phi) is 5.10. The van der Waals surface area contributed by atoms with E-state index in [0.29, 0.717) is 5.92 Å². The maximum Gasteiger partial charge on any atom is 0.260 e. The third-order valence-corrected chi connectivity index (χ3v) is 5.35. The van der Waals surface area contributed by atoms with Gasteiger partial charge < -0.3 is 14.6 Å². The van der Waals surface area contributed by atoms with Crippen molar-refractivity contribution in [2.24, 2.45) is 0 Å². The molecule has 0 atom stereocenters. The number of fused-ring (bicyclic) bond motifs is 1. The van der Waals surface area contributed by atoms with Crippen molar-refractivity contribution in [2.45, 2.75) is 32.1 Å². The van der Waals surface area contributed by atoms with Gasteiger partial charge in [0, 0.05) is 19.0 Å². The Morgan fingerprint density at radius 1 is 1.15 bits per heavy atom. The highest BCUT2D eigenvalue weighted by molar-refractivity contribution is 5.78. The van der Waals surface area contributed by atoms with Crippen LogP contribution in [0, 0.1) is 0 Å². The van der Waals surface area contributed by atoms with Crippen molar-refractivity contribution in [3.8, 4) is 5.75 Å². The molecular weight excluding hydrogens is 338 g/mol. The van der Waals surface area contributed by atoms with Gasteiger partial charge in [0.25, 0.3) is 5.91 Å². The summed E-state index contributed by atoms with van der Waals surface area (Å²) < 4.78 is 5.78. The molecule has 4 rings (SSSR count). The van der Waals surface area contributed by atoms with Crippen molar-refractivity contribution < 1.29 is 9.53 Å². The van der Waals surface area contributed by atoms with Crippen LogP contribution in [0.5, 0.6) is 5.75 Å². The normalized spacial score (nSPS) is 15.2. The molecule has 0 aliphatic carbocycles. The smallest absolute Gasteiger partial charge is 0.260 e. The van der Waals surface area contributed by atoms with Gasteiger partial charge in [-0.15, -0.1) is 0 Å². The molecule has 3 aromatic rings. The molecule has 5 heteroatoms. The molecule has 0 spiro atoms. The van der Waals surface area contributed by atoms with Gasteiger partial charge in [-0.1, -0.05) is 37.3 Å². The van der Waals surface area contributed by atoms with Crippen LogP contribution in [0.25, 0.3) is 11.0 Å². The van der Waals surface area contributed by atoms with E-state index in [1.165, 1.54) is 0 Å². The first kappa shape index (κ1) is 17.6. The number of H-pyrrole nitrogens is 1. The molecule has 0 bridgehead atoms. The maximum absolute atomic E-state index is 12.5. The second-order valence-electron chi connectivity index (χ2n) is 7.04. The van der Waals surface area contributed by atoms with Gasteiger partial charge in [0.05, 0.1) is 11.0 Å². The predicted molar refractivity (Wildman–Crippen MR) is 106 cm³/mol. The molecule has 1 aliphatic rings. The Hall–Kier alpha value is -2.82. The molecule has 1 aliphatic heterocycles. The lowest BCUT2D eigenvalue weighted by Gasteiger charge is -2.31. The van der Waals surface area contributed by atoms with E-state index in [1.54, 1.807) is 0 Å². The summed E-state index contributed by atoms with van der Waals surface area (Å²) in [5, 5.41) is 0. The third-order valence-electron chi connectivity index (χ3n) is 5.35. The average Bonchev–Trinajstić information content (AvgIpc) is 3.16. The van der Waals surface area contributed by atoms with Gasteiger partial charge in [0.15, 0.2) is 6.61 Å². The number of likely N-dealkylation sites (tertiary alicyclic amines) is 1. The summed E-state index contributed by atoms with van der Waals surface area (Å²) >= 11 is 0. The van der Waals surface area contributed by atoms with Crippen molar-refractivity contribution in [1.29, 1.82) is 0 Å². The predicted octanol–water partition coefficient (Wildman–Crippen LogP) is 3.91. The maximum atomic E-state index is 12.5. The number of rotatable bonds is 5. The van der Waals surface area contributed by atoms with Crippen molar-refractivity contribution >= 4 is 16.9 Å². The van der Waals surface area contributed by atoms with E-state index in [4.69, 9.17) is 9.72 Å². The highest BCUT2D eigenvalue weighted by Crippen LogP contribution is 2.28. The number of hydrogen-bond acceptors (Lipinski definition) is 3. The first-order valence-electron chi connectivity index (χ1n) is 9.67. The lowest BCUT2D eigenvalue weighted by atomic mass is 9.96. The summed E-state index contributed by atoms with van der Waals surface area (Å²) in [7, 11) is 0. The van der Waals surface area contributed by atoms with Crippen LogP contribution in [-0.2, 0) is 11.2 Å². The van der Waals surface area contributed by atoms with E-state index in [9.17, 15) is 4.79 Å². The van der Waals surface area contributed by atoms with Crippen molar-refractivity contribution in [2.75, 3.05) is 19.7 Å². The molecule has 1 N–H and O–H groups in total. The Morgan fingerprint density at radius 3 is 2.67 bits per heavy atom. The van der Waals surface area contributed by atoms with Crippen LogP contribution >= 0.6 is 0 Å². The van der Waals surface area contributed by atoms with Gasteiger partial charge >= 0.3 is 0 Å². The van der Waals surface area contributed by atoms with Crippen molar-refractivity contribution in [3.63, 3.8) is 0 Å². The Balaban J connectivity index is 1.32. The number of nitrogens with zero attached hydrogens (tertiary/aromatic N) is 2. The van der Waals surface area contributed by atoms with E-state index in [0.717, 1.165) is 60.5 Å². The van der Waals surface area contributed by atoms with Crippen LogP contribution in [0.3, 0.4) is 0 Å². The molecule has 5 nitrogen and oxygen atoms in total. The van der Waals surface area contributed by atoms with E-state index in [-0.39, 0.29) is 12.5 Å². The highest BCUT2D eigenvalue weighted by Gasteiger charge is 2.26. The lowest BCUT2D eigenvalue weighted by molar-refractivity contribution is -0.134. The van der Waals surface area contributed by atoms with Crippen molar-refractivity contribution in [1.82, 2.24) is 14.9 Å². The molecule has 2 heterocycles. The van der Waals surface area contributed by atoms with Crippen LogP contribution in [0.2, 0.25) is 0 Å². The summed E-state index contributed by atoms with van der Waals surface area (Å²) in [4.78, 5) is 22.6. The van der Waals surface area contributed by atoms with Crippen molar-refractivity contribution in [3.05, 3.63) is 59.9 Å². The SMILES string of the molecule is CCc1ccccc1OCC(=O)N1CCC(c2nc3ccccc3[nH]2)CC1. The Labute approximate surface area is 159 Å². The number of para-hydroxylation sites is 3. The number of amides is 1. The fraction of sp³-hybridized carbons (Fsp3) is 0.364. The van der Waals surface area contributed by atoms with Gasteiger partial charge in [-0.25, -0.2) is 4.98 Å². The van der Waals surface area contributed by atoms with E-state index in [1.807, 2.05) is 47.4 Å². The molecule has 2 aromatic carbocycles. The minimum atomic E-state index is 0.0592. The standard InChI is InChI=1S/C22H25N3O2/c1-2-16-7-3-6-10-20(16)27-15-21(26)25-13-11-17(12-14-25)22-23-18-8-4-5-9-19(18)24-22/h3-10,17H,2,11-15H2,1H3,(H,23,24). The molecule has 1 saturated heterocycles. The number of aryl methyl sites for hydroxylation is 1. The number of benzene rings is 2. The van der Waals surface area contributed by atoms with E-state index in [2.05, 4.69) is 18.0 Å². The summed E-state index contributed by atoms with van der Waals surface area (Å²) in [6.07, 6.45) is 2.75. The molecule has 0 radical (unpaired) electrons. The van der Waals surface area contributed by atoms with Gasteiger partial charge in [-0.2, -0.15) is 0 Å². The number of ether oxygens (including phenoxy) is 1. The summed E-state index contributed by atoms with van der Waals surface area (Å²) in [6, 6.07) is 16.0. The number of carbonyl (C=O) groups excluding carboxylic acids is 1. The fourth-order valence-corrected chi connectivity index (χ4v) is 3.74. The first-order valence-corrected chi connectivity index (χ1v) is 9.67. The van der Waals surface area contributed by atoms with Crippen LogP contribution < -0.4 is 4.74 Å². The molecule has 1 amide bonds. The summed E-state index contributed by atoms with van der Waals surface area (Å²) in [6.45, 7) is 3.69. The zero-order valence-electron chi connectivity index (χ0n) is 15.6. The molecule has 1 aromatic heterocycles. The number of imidazole rings is 1. The molecule has 0 unspecified atom stereocenters. The second kappa shape index (κ2) is 7.82. The third kappa shape index (κ3) is 3.82. The molecule has 1 fully saturated rings. The molecule has 140 valence electrons. The summed E-state index contributed by atoms with van der Waals surface area (Å²) in [5.74, 6) is 2.29. The summed E-state index contributed by atoms with van der Waals surface area (Å²) in [5.41, 5.74) is 3.22. The Morgan fingerprint density at radius 2 is 1.89 bits per heavy atom. The van der Waals surface area contributed by atoms with Gasteiger partial charge in [-0.05, 0) is 43.0 Å². The highest BCUT2D eigenvalue weighted by atomic mass is 16.5. The number of aromatic nitrogens is 2. The van der Waals surface area contributed by atoms with E-state index < -0.39 is 0 Å². The lowest BCUT2D eigenvalue weighted by Crippen LogP contribution is -2.40. The van der Waals surface area contributed by atoms with Gasteiger partial charge in [-0.3, -0.25) is 4.79 Å². The van der Waals surface area contributed by atoms with Crippen LogP contribution in [0.15, 0.2) is 48.5 Å². The zero-order valence-corrected chi connectivity index (χ0v) is 15.6. The van der Waals surface area contributed by atoms with Crippen LogP contribution in [0.1, 0.15) is 37.1 Å². The van der Waals surface area contributed by atoms with Crippen LogP contribution in [0.4, 0.5) is 0 Å². The van der Waals surface area contributed by atoms with Gasteiger partial charge in [0.2, 0.25) is 0 Å². The molecule has 0 saturated carbocycles. The zero-order chi connectivity index (χ0) is 18.6. The molecular formula is C22H25N3O2.